The molecule has 0 unspecified atom stereocenters. The van der Waals surface area contributed by atoms with Gasteiger partial charge < -0.3 is 0 Å². The summed E-state index contributed by atoms with van der Waals surface area (Å²) < 4.78 is 91.8. The Hall–Kier alpha value is -2.05. The fourth-order valence-corrected chi connectivity index (χ4v) is 11.6. The first-order valence-electron chi connectivity index (χ1n) is 7.36. The third-order valence-corrected chi connectivity index (χ3v) is 11.5. The zero-order chi connectivity index (χ0) is 23.1. The molecule has 0 fully saturated rings. The summed E-state index contributed by atoms with van der Waals surface area (Å²) in [7, 11) is 1.90. The SMILES string of the molecule is COC(=O)c1sc(C(=O)OC)c2c1C[Te](OC(=O)C(F)(F)F)(OC(=O)C(F)(F)F)C2. The fraction of sp³-hybridized carbons (Fsp3) is 0.429. The second-order valence-electron chi connectivity index (χ2n) is 5.47. The first-order valence-corrected chi connectivity index (χ1v) is 13.4. The summed E-state index contributed by atoms with van der Waals surface area (Å²) in [5, 5.41) is 0. The number of fused-ring (bicyclic) bond motifs is 1. The normalized spacial score (nSPS) is 16.3. The minimum atomic E-state index is -5.64. The number of methoxy groups -OCH3 is 2. The van der Waals surface area contributed by atoms with Crippen LogP contribution in [0.25, 0.3) is 0 Å². The number of thiophene rings is 1. The van der Waals surface area contributed by atoms with Gasteiger partial charge in [0.05, 0.1) is 0 Å². The average Bonchev–Trinajstić information content (AvgIpc) is 3.14. The summed E-state index contributed by atoms with van der Waals surface area (Å²) in [5.74, 6) is -7.80. The van der Waals surface area contributed by atoms with E-state index in [1.54, 1.807) is 0 Å². The van der Waals surface area contributed by atoms with Crippen LogP contribution in [0.2, 0.25) is 0 Å². The van der Waals surface area contributed by atoms with Crippen molar-refractivity contribution in [2.24, 2.45) is 0 Å². The van der Waals surface area contributed by atoms with Crippen LogP contribution in [-0.4, -0.2) is 69.5 Å². The van der Waals surface area contributed by atoms with Gasteiger partial charge in [0.2, 0.25) is 0 Å². The first kappa shape index (κ1) is 24.2. The molecule has 2 heterocycles. The molecule has 0 aliphatic carbocycles. The Morgan fingerprint density at radius 3 is 1.37 bits per heavy atom. The fourth-order valence-electron chi connectivity index (χ4n) is 2.32. The Kier molecular flexibility index (Phi) is 6.65. The second-order valence-corrected chi connectivity index (χ2v) is 13.3. The molecule has 1 aromatic heterocycles. The van der Waals surface area contributed by atoms with E-state index >= 15 is 0 Å². The molecule has 30 heavy (non-hydrogen) atoms. The predicted octanol–water partition coefficient (Wildman–Crippen LogP) is 2.15. The predicted molar refractivity (Wildman–Crippen MR) is 84.5 cm³/mol. The molecule has 0 N–H and O–H groups in total. The molecule has 0 spiro atoms. The number of esters is 2. The number of rotatable bonds is 4. The third-order valence-electron chi connectivity index (χ3n) is 3.50. The summed E-state index contributed by atoms with van der Waals surface area (Å²) in [5.41, 5.74) is -0.392. The van der Waals surface area contributed by atoms with Gasteiger partial charge in [-0.25, -0.2) is 0 Å². The van der Waals surface area contributed by atoms with Crippen LogP contribution in [0, 0.1) is 0 Å². The summed E-state index contributed by atoms with van der Waals surface area (Å²) >= 11 is -5.11. The Labute approximate surface area is 171 Å². The molecule has 0 aromatic carbocycles. The Morgan fingerprint density at radius 1 is 0.767 bits per heavy atom. The molecule has 2 rings (SSSR count). The van der Waals surface area contributed by atoms with Crippen molar-refractivity contribution < 1.29 is 61.2 Å². The maximum atomic E-state index is 12.7. The summed E-state index contributed by atoms with van der Waals surface area (Å²) in [6.07, 6.45) is -11.2. The summed E-state index contributed by atoms with van der Waals surface area (Å²) in [4.78, 5) is 45.9. The summed E-state index contributed by atoms with van der Waals surface area (Å²) in [6, 6.07) is 0. The van der Waals surface area contributed by atoms with Crippen molar-refractivity contribution in [1.82, 2.24) is 0 Å². The topological polar surface area (TPSA) is 105 Å². The van der Waals surface area contributed by atoms with Gasteiger partial charge in [0.1, 0.15) is 0 Å². The van der Waals surface area contributed by atoms with Gasteiger partial charge in [0.25, 0.3) is 0 Å². The number of carbonyl (C=O) groups is 4. The molecule has 1 aromatic rings. The molecule has 8 nitrogen and oxygen atoms in total. The molecule has 1 aliphatic rings. The third kappa shape index (κ3) is 4.81. The van der Waals surface area contributed by atoms with Gasteiger partial charge in [-0.05, 0) is 0 Å². The molecule has 168 valence electrons. The summed E-state index contributed by atoms with van der Waals surface area (Å²) in [6.45, 7) is 0. The van der Waals surface area contributed by atoms with Crippen LogP contribution in [0.5, 0.6) is 0 Å². The van der Waals surface area contributed by atoms with E-state index in [2.05, 4.69) is 15.7 Å². The number of carbonyl (C=O) groups excluding carboxylic acids is 4. The molecule has 0 radical (unpaired) electrons. The molecule has 0 saturated carbocycles. The monoisotopic (exact) mass is 582 g/mol. The van der Waals surface area contributed by atoms with Crippen LogP contribution in [-0.2, 0) is 34.2 Å². The molecule has 0 bridgehead atoms. The maximum absolute atomic E-state index is 12.7. The Balaban J connectivity index is 2.57. The van der Waals surface area contributed by atoms with Gasteiger partial charge in [0.15, 0.2) is 0 Å². The second kappa shape index (κ2) is 8.23. The molecular weight excluding hydrogens is 570 g/mol. The van der Waals surface area contributed by atoms with Crippen LogP contribution in [0.4, 0.5) is 26.3 Å². The zero-order valence-electron chi connectivity index (χ0n) is 14.8. The van der Waals surface area contributed by atoms with Crippen LogP contribution in [0.15, 0.2) is 0 Å². The van der Waals surface area contributed by atoms with Gasteiger partial charge >= 0.3 is 172 Å². The van der Waals surface area contributed by atoms with E-state index in [1.807, 2.05) is 0 Å². The van der Waals surface area contributed by atoms with Crippen LogP contribution < -0.4 is 0 Å². The molecule has 16 heteroatoms. The average molecular weight is 580 g/mol. The number of hydrogen-bond donors (Lipinski definition) is 0. The van der Waals surface area contributed by atoms with Crippen molar-refractivity contribution in [3.05, 3.63) is 20.9 Å². The molecule has 0 saturated heterocycles. The Bertz CT molecular complexity index is 835. The zero-order valence-corrected chi connectivity index (χ0v) is 17.9. The van der Waals surface area contributed by atoms with Crippen LogP contribution in [0.1, 0.15) is 30.5 Å². The standard InChI is InChI=1S/C14H10F6O8STe/c1-25-9(21)7-5-3-30(27-11(23)13(15,16)17,28-12(24)14(18,19)20)4-6(5)8(29-7)10(22)26-2/h3-4H2,1-2H3. The number of ether oxygens (including phenoxy) is 2. The van der Waals surface area contributed by atoms with Crippen molar-refractivity contribution in [3.8, 4) is 0 Å². The minimum absolute atomic E-state index is 0.196. The first-order chi connectivity index (χ1) is 13.6. The molecule has 0 atom stereocenters. The van der Waals surface area contributed by atoms with Gasteiger partial charge in [-0.3, -0.25) is 0 Å². The van der Waals surface area contributed by atoms with E-state index in [-0.39, 0.29) is 20.9 Å². The number of alkyl halides is 6. The van der Waals surface area contributed by atoms with Crippen LogP contribution >= 0.6 is 11.3 Å². The molecule has 1 aliphatic heterocycles. The quantitative estimate of drug-likeness (QED) is 0.304. The van der Waals surface area contributed by atoms with E-state index in [0.29, 0.717) is 11.3 Å². The number of hydrogen-bond acceptors (Lipinski definition) is 9. The number of halogens is 6. The van der Waals surface area contributed by atoms with E-state index in [0.717, 1.165) is 14.2 Å². The van der Waals surface area contributed by atoms with Crippen molar-refractivity contribution >= 4 is 54.2 Å². The molecular formula is C14H10F6O8STe. The van der Waals surface area contributed by atoms with Crippen molar-refractivity contribution in [2.45, 2.75) is 21.3 Å². The van der Waals surface area contributed by atoms with Crippen molar-refractivity contribution in [2.75, 3.05) is 14.2 Å². The van der Waals surface area contributed by atoms with Gasteiger partial charge in [-0.2, -0.15) is 0 Å². The van der Waals surface area contributed by atoms with E-state index < -0.39 is 64.2 Å². The Morgan fingerprint density at radius 2 is 1.10 bits per heavy atom. The van der Waals surface area contributed by atoms with Gasteiger partial charge in [-0.1, -0.05) is 0 Å². The van der Waals surface area contributed by atoms with Gasteiger partial charge in [-0.15, -0.1) is 0 Å². The van der Waals surface area contributed by atoms with E-state index in [1.165, 1.54) is 0 Å². The van der Waals surface area contributed by atoms with E-state index in [9.17, 15) is 45.5 Å². The van der Waals surface area contributed by atoms with Crippen molar-refractivity contribution in [3.63, 3.8) is 0 Å². The molecule has 0 amide bonds. The van der Waals surface area contributed by atoms with Crippen molar-refractivity contribution in [1.29, 1.82) is 0 Å². The van der Waals surface area contributed by atoms with Gasteiger partial charge in [0, 0.05) is 0 Å². The van der Waals surface area contributed by atoms with Crippen LogP contribution in [0.3, 0.4) is 0 Å². The van der Waals surface area contributed by atoms with E-state index in [4.69, 9.17) is 0 Å².